The second-order valence-electron chi connectivity index (χ2n) is 5.63. The predicted molar refractivity (Wildman–Crippen MR) is 101 cm³/mol. The van der Waals surface area contributed by atoms with Crippen molar-refractivity contribution in [2.75, 3.05) is 11.9 Å². The Balaban J connectivity index is 2.07. The van der Waals surface area contributed by atoms with Gasteiger partial charge in [-0.3, -0.25) is 10.1 Å². The Labute approximate surface area is 159 Å². The van der Waals surface area contributed by atoms with Crippen molar-refractivity contribution in [3.63, 3.8) is 0 Å². The van der Waals surface area contributed by atoms with Crippen molar-refractivity contribution in [2.45, 2.75) is 6.92 Å². The molecule has 0 bridgehead atoms. The van der Waals surface area contributed by atoms with Crippen LogP contribution in [0.4, 0.5) is 17.2 Å². The van der Waals surface area contributed by atoms with Crippen LogP contribution in [0.5, 0.6) is 5.75 Å². The van der Waals surface area contributed by atoms with Gasteiger partial charge in [0.2, 0.25) is 0 Å². The number of rotatable bonds is 6. The summed E-state index contributed by atoms with van der Waals surface area (Å²) in [5.74, 6) is -0.501. The Kier molecular flexibility index (Phi) is 5.45. The summed E-state index contributed by atoms with van der Waals surface area (Å²) in [5, 5.41) is 23.8. The molecule has 0 amide bonds. The van der Waals surface area contributed by atoms with Crippen molar-refractivity contribution in [3.05, 3.63) is 70.4 Å². The van der Waals surface area contributed by atoms with Crippen LogP contribution in [0.2, 0.25) is 0 Å². The summed E-state index contributed by atoms with van der Waals surface area (Å²) < 4.78 is 5.01. The number of hydrogen-bond acceptors (Lipinski definition) is 8. The van der Waals surface area contributed by atoms with Gasteiger partial charge in [-0.25, -0.2) is 14.8 Å². The number of anilines is 2. The Morgan fingerprint density at radius 1 is 1.25 bits per heavy atom. The maximum Gasteiger partial charge on any atom is 0.343 e. The zero-order valence-corrected chi connectivity index (χ0v) is 14.8. The first kappa shape index (κ1) is 18.8. The third-order valence-corrected chi connectivity index (χ3v) is 3.76. The van der Waals surface area contributed by atoms with E-state index < -0.39 is 10.9 Å². The van der Waals surface area contributed by atoms with E-state index >= 15 is 0 Å². The molecule has 28 heavy (non-hydrogen) atoms. The maximum atomic E-state index is 12.3. The van der Waals surface area contributed by atoms with Gasteiger partial charge in [0.1, 0.15) is 17.1 Å². The van der Waals surface area contributed by atoms with E-state index in [0.717, 1.165) is 6.07 Å². The second-order valence-corrected chi connectivity index (χ2v) is 5.63. The molecule has 0 aliphatic rings. The van der Waals surface area contributed by atoms with Gasteiger partial charge < -0.3 is 15.2 Å². The van der Waals surface area contributed by atoms with E-state index in [4.69, 9.17) is 4.74 Å². The fourth-order valence-electron chi connectivity index (χ4n) is 2.43. The number of phenolic OH excluding ortho intramolecular Hbond substituents is 1. The topological polar surface area (TPSA) is 127 Å². The van der Waals surface area contributed by atoms with Crippen molar-refractivity contribution in [1.29, 1.82) is 0 Å². The minimum atomic E-state index is -0.658. The summed E-state index contributed by atoms with van der Waals surface area (Å²) in [6, 6.07) is 12.6. The fraction of sp³-hybridized carbons (Fsp3) is 0.105. The highest BCUT2D eigenvalue weighted by Gasteiger charge is 2.19. The molecule has 0 aliphatic heterocycles. The summed E-state index contributed by atoms with van der Waals surface area (Å²) in [6.07, 6.45) is 1.31. The number of nitro benzene ring substituents is 1. The average molecular weight is 380 g/mol. The first-order valence-corrected chi connectivity index (χ1v) is 8.33. The minimum Gasteiger partial charge on any atom is -0.506 e. The van der Waals surface area contributed by atoms with Gasteiger partial charge >= 0.3 is 5.97 Å². The molecule has 0 radical (unpaired) electrons. The van der Waals surface area contributed by atoms with Gasteiger partial charge in [0.15, 0.2) is 5.82 Å². The van der Waals surface area contributed by atoms with Gasteiger partial charge in [-0.2, -0.15) is 0 Å². The zero-order valence-electron chi connectivity index (χ0n) is 14.8. The Morgan fingerprint density at radius 3 is 2.68 bits per heavy atom. The molecule has 0 aliphatic carbocycles. The van der Waals surface area contributed by atoms with E-state index in [1.54, 1.807) is 19.1 Å². The third-order valence-electron chi connectivity index (χ3n) is 3.76. The molecule has 3 rings (SSSR count). The summed E-state index contributed by atoms with van der Waals surface area (Å²) >= 11 is 0. The molecule has 142 valence electrons. The highest BCUT2D eigenvalue weighted by Crippen LogP contribution is 2.31. The number of aromatic nitrogens is 2. The van der Waals surface area contributed by atoms with Gasteiger partial charge in [-0.15, -0.1) is 0 Å². The van der Waals surface area contributed by atoms with Crippen molar-refractivity contribution in [3.8, 4) is 17.1 Å². The van der Waals surface area contributed by atoms with Gasteiger partial charge in [0.05, 0.1) is 17.2 Å². The van der Waals surface area contributed by atoms with Crippen LogP contribution in [0.3, 0.4) is 0 Å². The van der Waals surface area contributed by atoms with Crippen LogP contribution >= 0.6 is 0 Å². The standard InChI is InChI=1S/C19H16N4O5/c1-2-28-19(25)14-11-20-17(12-6-4-3-5-7-12)22-18(14)21-15-10-13(23(26)27)8-9-16(15)24/h3-11,24H,2H2,1H3,(H,20,21,22). The van der Waals surface area contributed by atoms with Crippen LogP contribution in [0.25, 0.3) is 11.4 Å². The lowest BCUT2D eigenvalue weighted by molar-refractivity contribution is -0.384. The smallest absolute Gasteiger partial charge is 0.343 e. The molecule has 0 spiro atoms. The quantitative estimate of drug-likeness (QED) is 0.287. The molecular formula is C19H16N4O5. The molecule has 1 heterocycles. The molecule has 2 aromatic carbocycles. The van der Waals surface area contributed by atoms with Gasteiger partial charge in [-0.1, -0.05) is 30.3 Å². The number of nitro groups is 1. The van der Waals surface area contributed by atoms with Gasteiger partial charge in [0, 0.05) is 23.9 Å². The number of hydrogen-bond donors (Lipinski definition) is 2. The number of aromatic hydroxyl groups is 1. The first-order chi connectivity index (χ1) is 13.5. The predicted octanol–water partition coefficient (Wildman–Crippen LogP) is 3.68. The van der Waals surface area contributed by atoms with Crippen LogP contribution < -0.4 is 5.32 Å². The number of nitrogens with one attached hydrogen (secondary N) is 1. The Morgan fingerprint density at radius 2 is 2.00 bits per heavy atom. The summed E-state index contributed by atoms with van der Waals surface area (Å²) in [5.41, 5.74) is 0.546. The highest BCUT2D eigenvalue weighted by molar-refractivity contribution is 5.95. The van der Waals surface area contributed by atoms with E-state index in [0.29, 0.717) is 11.4 Å². The van der Waals surface area contributed by atoms with E-state index in [-0.39, 0.29) is 35.1 Å². The van der Waals surface area contributed by atoms with E-state index in [2.05, 4.69) is 15.3 Å². The van der Waals surface area contributed by atoms with Crippen LogP contribution in [0.1, 0.15) is 17.3 Å². The number of esters is 1. The van der Waals surface area contributed by atoms with Crippen LogP contribution in [-0.4, -0.2) is 32.6 Å². The molecule has 9 heteroatoms. The second kappa shape index (κ2) is 8.12. The lowest BCUT2D eigenvalue weighted by Crippen LogP contribution is -2.11. The molecule has 9 nitrogen and oxygen atoms in total. The van der Waals surface area contributed by atoms with Crippen molar-refractivity contribution in [2.24, 2.45) is 0 Å². The molecule has 1 aromatic heterocycles. The molecular weight excluding hydrogens is 364 g/mol. The van der Waals surface area contributed by atoms with E-state index in [1.165, 1.54) is 18.3 Å². The monoisotopic (exact) mass is 380 g/mol. The van der Waals surface area contributed by atoms with Crippen molar-refractivity contribution in [1.82, 2.24) is 9.97 Å². The van der Waals surface area contributed by atoms with E-state index in [9.17, 15) is 20.0 Å². The number of carbonyl (C=O) groups excluding carboxylic acids is 1. The average Bonchev–Trinajstić information content (AvgIpc) is 2.70. The van der Waals surface area contributed by atoms with Gasteiger partial charge in [-0.05, 0) is 13.0 Å². The summed E-state index contributed by atoms with van der Waals surface area (Å²) in [4.78, 5) is 31.2. The number of ether oxygens (including phenoxy) is 1. The Hall–Kier alpha value is -4.01. The third kappa shape index (κ3) is 4.04. The lowest BCUT2D eigenvalue weighted by atomic mass is 10.2. The lowest BCUT2D eigenvalue weighted by Gasteiger charge is -2.12. The number of nitrogens with zero attached hydrogens (tertiary/aromatic N) is 3. The van der Waals surface area contributed by atoms with E-state index in [1.807, 2.05) is 18.2 Å². The fourth-order valence-corrected chi connectivity index (χ4v) is 2.43. The zero-order chi connectivity index (χ0) is 20.1. The molecule has 0 saturated carbocycles. The number of carbonyl (C=O) groups is 1. The summed E-state index contributed by atoms with van der Waals surface area (Å²) in [7, 11) is 0. The molecule has 0 fully saturated rings. The first-order valence-electron chi connectivity index (χ1n) is 8.33. The van der Waals surface area contributed by atoms with Crippen molar-refractivity contribution >= 4 is 23.2 Å². The van der Waals surface area contributed by atoms with Gasteiger partial charge in [0.25, 0.3) is 5.69 Å². The molecule has 0 unspecified atom stereocenters. The molecule has 2 N–H and O–H groups in total. The van der Waals surface area contributed by atoms with Crippen LogP contribution in [0.15, 0.2) is 54.7 Å². The highest BCUT2D eigenvalue weighted by atomic mass is 16.6. The minimum absolute atomic E-state index is 0.0254. The number of benzene rings is 2. The Bertz CT molecular complexity index is 1020. The molecule has 0 saturated heterocycles. The largest absolute Gasteiger partial charge is 0.506 e. The number of non-ortho nitro benzene ring substituents is 1. The van der Waals surface area contributed by atoms with Crippen LogP contribution in [-0.2, 0) is 4.74 Å². The number of phenols is 1. The summed E-state index contributed by atoms with van der Waals surface area (Å²) in [6.45, 7) is 1.82. The molecule has 3 aromatic rings. The normalized spacial score (nSPS) is 10.3. The SMILES string of the molecule is CCOC(=O)c1cnc(-c2ccccc2)nc1Nc1cc([N+](=O)[O-])ccc1O. The van der Waals surface area contributed by atoms with Crippen molar-refractivity contribution < 1.29 is 19.6 Å². The maximum absolute atomic E-state index is 12.3. The molecule has 0 atom stereocenters. The van der Waals surface area contributed by atoms with Crippen LogP contribution in [0, 0.1) is 10.1 Å².